The summed E-state index contributed by atoms with van der Waals surface area (Å²) in [6, 6.07) is 7.11. The van der Waals surface area contributed by atoms with E-state index < -0.39 is 6.04 Å². The molecule has 1 aliphatic carbocycles. The smallest absolute Gasteiger partial charge is 0.243 e. The minimum atomic E-state index is -0.771. The number of carbonyl (C=O) groups is 3. The third-order valence-electron chi connectivity index (χ3n) is 6.15. The van der Waals surface area contributed by atoms with Gasteiger partial charge in [-0.1, -0.05) is 50.3 Å². The molecule has 8 nitrogen and oxygen atoms in total. The van der Waals surface area contributed by atoms with Gasteiger partial charge < -0.3 is 5.32 Å². The molecule has 168 valence electrons. The van der Waals surface area contributed by atoms with Crippen LogP contribution in [0.1, 0.15) is 44.2 Å². The van der Waals surface area contributed by atoms with Crippen molar-refractivity contribution in [2.45, 2.75) is 52.2 Å². The van der Waals surface area contributed by atoms with Crippen LogP contribution >= 0.6 is 0 Å². The van der Waals surface area contributed by atoms with E-state index in [1.54, 1.807) is 11.0 Å². The van der Waals surface area contributed by atoms with Crippen LogP contribution < -0.4 is 5.32 Å². The van der Waals surface area contributed by atoms with Gasteiger partial charge in [0.05, 0.1) is 18.4 Å². The lowest BCUT2D eigenvalue weighted by Gasteiger charge is -2.27. The molecule has 3 amide bonds. The standard InChI is InChI=1S/C24H29N5O3/c1-16(2)11-21(29-23(31)19-5-3-4-6-20(19)24(29)32)22(30)26-12-17-7-9-18(10-8-17)13-28-15-25-14-27-28/h3-4,7-10,14-16,19-21H,5-6,11-13H2,1-2H3,(H,26,30). The summed E-state index contributed by atoms with van der Waals surface area (Å²) in [5, 5.41) is 7.04. The molecular formula is C24H29N5O3. The van der Waals surface area contributed by atoms with Gasteiger partial charge in [0.2, 0.25) is 17.7 Å². The number of likely N-dealkylation sites (tertiary alicyclic amines) is 1. The molecule has 2 aliphatic rings. The number of allylic oxidation sites excluding steroid dienone is 2. The van der Waals surface area contributed by atoms with E-state index in [0.29, 0.717) is 32.4 Å². The first-order chi connectivity index (χ1) is 15.4. The van der Waals surface area contributed by atoms with Crippen LogP contribution in [-0.2, 0) is 27.5 Å². The second kappa shape index (κ2) is 9.46. The lowest BCUT2D eigenvalue weighted by atomic mass is 9.85. The highest BCUT2D eigenvalue weighted by Crippen LogP contribution is 2.37. The van der Waals surface area contributed by atoms with Crippen molar-refractivity contribution in [3.63, 3.8) is 0 Å². The molecule has 1 aromatic carbocycles. The van der Waals surface area contributed by atoms with E-state index in [0.717, 1.165) is 11.1 Å². The number of benzene rings is 1. The molecule has 1 aromatic heterocycles. The van der Waals surface area contributed by atoms with Gasteiger partial charge in [-0.25, -0.2) is 9.67 Å². The summed E-state index contributed by atoms with van der Waals surface area (Å²) >= 11 is 0. The second-order valence-corrected chi connectivity index (χ2v) is 8.97. The Labute approximate surface area is 187 Å². The van der Waals surface area contributed by atoms with Crippen molar-refractivity contribution in [3.05, 3.63) is 60.2 Å². The number of nitrogens with zero attached hydrogens (tertiary/aromatic N) is 4. The van der Waals surface area contributed by atoms with Gasteiger partial charge in [0.1, 0.15) is 18.7 Å². The predicted molar refractivity (Wildman–Crippen MR) is 118 cm³/mol. The van der Waals surface area contributed by atoms with Crippen LogP contribution in [0, 0.1) is 17.8 Å². The van der Waals surface area contributed by atoms with Crippen molar-refractivity contribution < 1.29 is 14.4 Å². The van der Waals surface area contributed by atoms with Crippen LogP contribution in [0.25, 0.3) is 0 Å². The molecule has 0 bridgehead atoms. The van der Waals surface area contributed by atoms with Crippen molar-refractivity contribution >= 4 is 17.7 Å². The SMILES string of the molecule is CC(C)CC(C(=O)NCc1ccc(Cn2cncn2)cc1)N1C(=O)C2CC=CCC2C1=O. The maximum absolute atomic E-state index is 13.1. The average Bonchev–Trinajstić information content (AvgIpc) is 3.38. The van der Waals surface area contributed by atoms with Crippen molar-refractivity contribution in [2.75, 3.05) is 0 Å². The van der Waals surface area contributed by atoms with Crippen molar-refractivity contribution in [1.82, 2.24) is 25.0 Å². The molecule has 1 fully saturated rings. The summed E-state index contributed by atoms with van der Waals surface area (Å²) in [5.74, 6) is -1.17. The summed E-state index contributed by atoms with van der Waals surface area (Å²) in [5.41, 5.74) is 2.02. The summed E-state index contributed by atoms with van der Waals surface area (Å²) in [7, 11) is 0. The molecule has 0 radical (unpaired) electrons. The van der Waals surface area contributed by atoms with Gasteiger partial charge in [0.15, 0.2) is 0 Å². The summed E-state index contributed by atoms with van der Waals surface area (Å²) in [6.07, 6.45) is 8.67. The molecule has 8 heteroatoms. The average molecular weight is 436 g/mol. The lowest BCUT2D eigenvalue weighted by molar-refractivity contribution is -0.148. The molecule has 2 aromatic rings. The van der Waals surface area contributed by atoms with E-state index in [-0.39, 0.29) is 35.5 Å². The van der Waals surface area contributed by atoms with Crippen LogP contribution in [0.2, 0.25) is 0 Å². The van der Waals surface area contributed by atoms with Gasteiger partial charge >= 0.3 is 0 Å². The normalized spacial score (nSPS) is 21.2. The highest BCUT2D eigenvalue weighted by Gasteiger charge is 2.51. The number of hydrogen-bond acceptors (Lipinski definition) is 5. The third-order valence-corrected chi connectivity index (χ3v) is 6.15. The third kappa shape index (κ3) is 4.64. The van der Waals surface area contributed by atoms with Crippen LogP contribution in [0.4, 0.5) is 0 Å². The predicted octanol–water partition coefficient (Wildman–Crippen LogP) is 2.31. The number of fused-ring (bicyclic) bond motifs is 1. The van der Waals surface area contributed by atoms with E-state index in [4.69, 9.17) is 0 Å². The molecule has 3 unspecified atom stereocenters. The molecule has 0 saturated carbocycles. The Balaban J connectivity index is 1.41. The number of nitrogens with one attached hydrogen (secondary N) is 1. The van der Waals surface area contributed by atoms with Crippen LogP contribution in [-0.4, -0.2) is 43.4 Å². The molecule has 2 heterocycles. The fraction of sp³-hybridized carbons (Fsp3) is 0.458. The maximum Gasteiger partial charge on any atom is 0.243 e. The number of carbonyl (C=O) groups excluding carboxylic acids is 3. The molecule has 1 aliphatic heterocycles. The number of imide groups is 1. The Morgan fingerprint density at radius 2 is 1.69 bits per heavy atom. The molecule has 1 N–H and O–H groups in total. The zero-order valence-electron chi connectivity index (χ0n) is 18.5. The zero-order chi connectivity index (χ0) is 22.7. The number of rotatable bonds is 8. The van der Waals surface area contributed by atoms with Gasteiger partial charge in [-0.2, -0.15) is 5.10 Å². The van der Waals surface area contributed by atoms with Gasteiger partial charge in [0.25, 0.3) is 0 Å². The molecule has 1 saturated heterocycles. The Morgan fingerprint density at radius 3 is 2.25 bits per heavy atom. The minimum absolute atomic E-state index is 0.170. The van der Waals surface area contributed by atoms with Crippen molar-refractivity contribution in [3.8, 4) is 0 Å². The summed E-state index contributed by atoms with van der Waals surface area (Å²) < 4.78 is 1.74. The van der Waals surface area contributed by atoms with E-state index in [1.807, 2.05) is 50.3 Å². The van der Waals surface area contributed by atoms with Gasteiger partial charge in [-0.05, 0) is 36.3 Å². The highest BCUT2D eigenvalue weighted by atomic mass is 16.2. The second-order valence-electron chi connectivity index (χ2n) is 8.97. The minimum Gasteiger partial charge on any atom is -0.350 e. The maximum atomic E-state index is 13.1. The molecular weight excluding hydrogens is 406 g/mol. The van der Waals surface area contributed by atoms with Gasteiger partial charge in [-0.15, -0.1) is 0 Å². The fourth-order valence-corrected chi connectivity index (χ4v) is 4.48. The highest BCUT2D eigenvalue weighted by molar-refractivity contribution is 6.08. The van der Waals surface area contributed by atoms with Crippen LogP contribution in [0.3, 0.4) is 0 Å². The molecule has 4 rings (SSSR count). The first-order valence-electron chi connectivity index (χ1n) is 11.1. The summed E-state index contributed by atoms with van der Waals surface area (Å²) in [4.78, 5) is 44.3. The molecule has 3 atom stereocenters. The molecule has 0 spiro atoms. The van der Waals surface area contributed by atoms with Crippen LogP contribution in [0.5, 0.6) is 0 Å². The van der Waals surface area contributed by atoms with E-state index >= 15 is 0 Å². The Hall–Kier alpha value is -3.29. The number of aromatic nitrogens is 3. The van der Waals surface area contributed by atoms with Crippen molar-refractivity contribution in [2.24, 2.45) is 17.8 Å². The largest absolute Gasteiger partial charge is 0.350 e. The molecule has 32 heavy (non-hydrogen) atoms. The first-order valence-corrected chi connectivity index (χ1v) is 11.1. The van der Waals surface area contributed by atoms with Crippen LogP contribution in [0.15, 0.2) is 49.1 Å². The van der Waals surface area contributed by atoms with E-state index in [2.05, 4.69) is 15.4 Å². The van der Waals surface area contributed by atoms with E-state index in [9.17, 15) is 14.4 Å². The van der Waals surface area contributed by atoms with Gasteiger partial charge in [-0.3, -0.25) is 19.3 Å². The Bertz CT molecular complexity index is 971. The zero-order valence-corrected chi connectivity index (χ0v) is 18.5. The topological polar surface area (TPSA) is 97.2 Å². The Morgan fingerprint density at radius 1 is 1.06 bits per heavy atom. The fourth-order valence-electron chi connectivity index (χ4n) is 4.48. The van der Waals surface area contributed by atoms with Crippen molar-refractivity contribution in [1.29, 1.82) is 0 Å². The number of amides is 3. The quantitative estimate of drug-likeness (QED) is 0.507. The Kier molecular flexibility index (Phi) is 6.48. The monoisotopic (exact) mass is 435 g/mol. The van der Waals surface area contributed by atoms with Gasteiger partial charge in [0, 0.05) is 6.54 Å². The lowest BCUT2D eigenvalue weighted by Crippen LogP contribution is -2.50. The number of hydrogen-bond donors (Lipinski definition) is 1. The summed E-state index contributed by atoms with van der Waals surface area (Å²) in [6.45, 7) is 4.95. The van der Waals surface area contributed by atoms with E-state index in [1.165, 1.54) is 11.2 Å². The first kappa shape index (κ1) is 21.9.